The van der Waals surface area contributed by atoms with E-state index in [4.69, 9.17) is 9.15 Å². The lowest BCUT2D eigenvalue weighted by molar-refractivity contribution is 0.0990. The topological polar surface area (TPSA) is 123 Å². The number of anilines is 1. The zero-order valence-corrected chi connectivity index (χ0v) is 15.3. The molecule has 0 aromatic carbocycles. The van der Waals surface area contributed by atoms with E-state index in [0.717, 1.165) is 12.8 Å². The Morgan fingerprint density at radius 3 is 2.65 bits per heavy atom. The van der Waals surface area contributed by atoms with E-state index in [9.17, 15) is 13.2 Å². The van der Waals surface area contributed by atoms with Crippen molar-refractivity contribution < 1.29 is 22.4 Å². The molecule has 1 saturated heterocycles. The lowest BCUT2D eigenvalue weighted by atomic mass is 10.2. The molecule has 2 aromatic rings. The summed E-state index contributed by atoms with van der Waals surface area (Å²) in [6.45, 7) is 4.36. The molecule has 0 spiro atoms. The molecule has 1 unspecified atom stereocenters. The van der Waals surface area contributed by atoms with E-state index in [1.807, 2.05) is 0 Å². The van der Waals surface area contributed by atoms with Gasteiger partial charge in [0.2, 0.25) is 11.0 Å². The molecular weight excluding hydrogens is 360 g/mol. The van der Waals surface area contributed by atoms with E-state index < -0.39 is 15.9 Å². The molecule has 3 heterocycles. The first kappa shape index (κ1) is 18.5. The molecule has 1 fully saturated rings. The van der Waals surface area contributed by atoms with Gasteiger partial charge in [0.1, 0.15) is 0 Å². The molecule has 1 amide bonds. The molecule has 0 bridgehead atoms. The van der Waals surface area contributed by atoms with Gasteiger partial charge in [-0.1, -0.05) is 0 Å². The number of amides is 1. The maximum atomic E-state index is 12.3. The third kappa shape index (κ3) is 4.45. The van der Waals surface area contributed by atoms with Gasteiger partial charge in [-0.25, -0.2) is 23.1 Å². The largest absolute Gasteiger partial charge is 0.438 e. The summed E-state index contributed by atoms with van der Waals surface area (Å²) in [4.78, 5) is 20.4. The van der Waals surface area contributed by atoms with Crippen LogP contribution < -0.4 is 10.0 Å². The van der Waals surface area contributed by atoms with Crippen LogP contribution in [0.2, 0.25) is 0 Å². The molecule has 2 N–H and O–H groups in total. The zero-order chi connectivity index (χ0) is 18.7. The summed E-state index contributed by atoms with van der Waals surface area (Å²) in [5.74, 6) is -0.648. The van der Waals surface area contributed by atoms with E-state index in [2.05, 4.69) is 20.0 Å². The van der Waals surface area contributed by atoms with E-state index in [1.54, 1.807) is 19.9 Å². The summed E-state index contributed by atoms with van der Waals surface area (Å²) in [6, 6.07) is 4.29. The second kappa shape index (κ2) is 7.52. The number of furan rings is 1. The number of hydrogen-bond donors (Lipinski definition) is 2. The fraction of sp³-hybridized carbons (Fsp3) is 0.438. The molecule has 140 valence electrons. The lowest BCUT2D eigenvalue weighted by Gasteiger charge is -2.09. The Morgan fingerprint density at radius 2 is 2.00 bits per heavy atom. The van der Waals surface area contributed by atoms with Crippen molar-refractivity contribution in [3.8, 4) is 0 Å². The molecule has 0 radical (unpaired) electrons. The Hall–Kier alpha value is -2.30. The summed E-state index contributed by atoms with van der Waals surface area (Å²) < 4.78 is 37.5. The van der Waals surface area contributed by atoms with Crippen LogP contribution in [-0.4, -0.2) is 43.5 Å². The second-order valence-electron chi connectivity index (χ2n) is 6.03. The number of nitrogens with one attached hydrogen (secondary N) is 2. The van der Waals surface area contributed by atoms with E-state index in [1.165, 1.54) is 12.1 Å². The monoisotopic (exact) mass is 380 g/mol. The normalized spacial score (nSPS) is 17.4. The highest BCUT2D eigenvalue weighted by atomic mass is 32.2. The average Bonchev–Trinajstić information content (AvgIpc) is 3.24. The summed E-state index contributed by atoms with van der Waals surface area (Å²) in [6.07, 6.45) is 1.59. The second-order valence-corrected chi connectivity index (χ2v) is 7.73. The number of sulfonamides is 1. The molecule has 1 aliphatic heterocycles. The maximum Gasteiger partial charge on any atom is 0.293 e. The van der Waals surface area contributed by atoms with Crippen molar-refractivity contribution in [3.63, 3.8) is 0 Å². The van der Waals surface area contributed by atoms with Gasteiger partial charge < -0.3 is 9.15 Å². The van der Waals surface area contributed by atoms with Crippen molar-refractivity contribution >= 4 is 21.9 Å². The Bertz CT molecular complexity index is 883. The van der Waals surface area contributed by atoms with Crippen LogP contribution in [0.15, 0.2) is 27.7 Å². The van der Waals surface area contributed by atoms with Crippen LogP contribution in [-0.2, 0) is 14.8 Å². The Labute approximate surface area is 151 Å². The van der Waals surface area contributed by atoms with Crippen molar-refractivity contribution in [1.82, 2.24) is 14.7 Å². The summed E-state index contributed by atoms with van der Waals surface area (Å²) in [5, 5.41) is 2.16. The van der Waals surface area contributed by atoms with Crippen molar-refractivity contribution in [3.05, 3.63) is 35.3 Å². The van der Waals surface area contributed by atoms with Gasteiger partial charge in [0.05, 0.1) is 6.10 Å². The first-order valence-electron chi connectivity index (χ1n) is 8.18. The van der Waals surface area contributed by atoms with Gasteiger partial charge in [-0.15, -0.1) is 0 Å². The molecule has 9 nitrogen and oxygen atoms in total. The number of hydrogen-bond acceptors (Lipinski definition) is 7. The number of aryl methyl sites for hydroxylation is 2. The minimum Gasteiger partial charge on any atom is -0.438 e. The molecule has 10 heteroatoms. The van der Waals surface area contributed by atoms with Gasteiger partial charge in [-0.2, -0.15) is 0 Å². The molecule has 0 aliphatic carbocycles. The molecule has 3 rings (SSSR count). The number of aromatic nitrogens is 2. The van der Waals surface area contributed by atoms with Crippen LogP contribution in [0.5, 0.6) is 0 Å². The van der Waals surface area contributed by atoms with E-state index in [0.29, 0.717) is 18.0 Å². The zero-order valence-electron chi connectivity index (χ0n) is 14.5. The highest BCUT2D eigenvalue weighted by Crippen LogP contribution is 2.17. The fourth-order valence-corrected chi connectivity index (χ4v) is 3.60. The van der Waals surface area contributed by atoms with E-state index >= 15 is 0 Å². The number of carbonyl (C=O) groups excluding carboxylic acids is 1. The van der Waals surface area contributed by atoms with Crippen LogP contribution in [0, 0.1) is 13.8 Å². The number of rotatable bonds is 6. The number of ether oxygens (including phenoxy) is 1. The van der Waals surface area contributed by atoms with Gasteiger partial charge in [0, 0.05) is 24.5 Å². The Kier molecular flexibility index (Phi) is 5.35. The van der Waals surface area contributed by atoms with Crippen LogP contribution in [0.3, 0.4) is 0 Å². The average molecular weight is 380 g/mol. The number of nitrogens with zero attached hydrogens (tertiary/aromatic N) is 2. The lowest BCUT2D eigenvalue weighted by Crippen LogP contribution is -2.31. The van der Waals surface area contributed by atoms with Crippen LogP contribution in [0.4, 0.5) is 5.95 Å². The van der Waals surface area contributed by atoms with Crippen molar-refractivity contribution in [2.24, 2.45) is 0 Å². The summed E-state index contributed by atoms with van der Waals surface area (Å²) >= 11 is 0. The highest BCUT2D eigenvalue weighted by molar-refractivity contribution is 7.89. The van der Waals surface area contributed by atoms with Gasteiger partial charge >= 0.3 is 0 Å². The van der Waals surface area contributed by atoms with Crippen LogP contribution in [0.1, 0.15) is 34.8 Å². The van der Waals surface area contributed by atoms with Gasteiger partial charge in [-0.3, -0.25) is 10.1 Å². The Balaban J connectivity index is 1.66. The predicted octanol–water partition coefficient (Wildman–Crippen LogP) is 1.40. The van der Waals surface area contributed by atoms with Gasteiger partial charge in [0.25, 0.3) is 15.9 Å². The van der Waals surface area contributed by atoms with Crippen LogP contribution in [0.25, 0.3) is 0 Å². The van der Waals surface area contributed by atoms with Crippen molar-refractivity contribution in [2.45, 2.75) is 37.9 Å². The highest BCUT2D eigenvalue weighted by Gasteiger charge is 2.24. The molecule has 0 saturated carbocycles. The van der Waals surface area contributed by atoms with Crippen molar-refractivity contribution in [2.75, 3.05) is 18.5 Å². The minimum atomic E-state index is -3.85. The van der Waals surface area contributed by atoms with Gasteiger partial charge in [0.15, 0.2) is 5.76 Å². The fourth-order valence-electron chi connectivity index (χ4n) is 2.61. The quantitative estimate of drug-likeness (QED) is 0.776. The maximum absolute atomic E-state index is 12.3. The van der Waals surface area contributed by atoms with Crippen molar-refractivity contribution in [1.29, 1.82) is 0 Å². The smallest absolute Gasteiger partial charge is 0.293 e. The molecule has 2 aromatic heterocycles. The summed E-state index contributed by atoms with van der Waals surface area (Å²) in [5.41, 5.74) is 1.41. The molecule has 26 heavy (non-hydrogen) atoms. The first-order valence-corrected chi connectivity index (χ1v) is 9.66. The molecule has 1 aliphatic rings. The first-order chi connectivity index (χ1) is 12.3. The molecule has 1 atom stereocenters. The Morgan fingerprint density at radius 1 is 1.27 bits per heavy atom. The van der Waals surface area contributed by atoms with Gasteiger partial charge in [-0.05, 0) is 44.9 Å². The predicted molar refractivity (Wildman–Crippen MR) is 92.3 cm³/mol. The minimum absolute atomic E-state index is 0.129. The number of carbonyl (C=O) groups is 1. The SMILES string of the molecule is Cc1cc(C)nc(NC(=O)c2ccc(S(=O)(=O)NCC3CCCO3)o2)n1. The van der Waals surface area contributed by atoms with Crippen LogP contribution >= 0.6 is 0 Å². The summed E-state index contributed by atoms with van der Waals surface area (Å²) in [7, 11) is -3.85. The molecular formula is C16H20N4O5S. The third-order valence-electron chi connectivity index (χ3n) is 3.80. The van der Waals surface area contributed by atoms with E-state index in [-0.39, 0.29) is 29.4 Å². The third-order valence-corrected chi connectivity index (χ3v) is 5.10. The standard InChI is InChI=1S/C16H20N4O5S/c1-10-8-11(2)19-16(18-10)20-15(21)13-5-6-14(25-13)26(22,23)17-9-12-4-3-7-24-12/h5-6,8,12,17H,3-4,7,9H2,1-2H3,(H,18,19,20,21).